The molecule has 240 valence electrons. The molecule has 5 heteroatoms. The highest BCUT2D eigenvalue weighted by atomic mass is 16.7. The summed E-state index contributed by atoms with van der Waals surface area (Å²) in [5.74, 6) is 1.65. The van der Waals surface area contributed by atoms with Crippen LogP contribution in [-0.2, 0) is 21.3 Å². The zero-order chi connectivity index (χ0) is 33.5. The molecule has 0 amide bonds. The lowest BCUT2D eigenvalue weighted by Gasteiger charge is -2.41. The summed E-state index contributed by atoms with van der Waals surface area (Å²) in [5, 5.41) is 0. The molecule has 6 aromatic rings. The van der Waals surface area contributed by atoms with Gasteiger partial charge in [0.05, 0.1) is 16.6 Å². The third kappa shape index (κ3) is 4.29. The monoisotopic (exact) mass is 639 g/mol. The van der Waals surface area contributed by atoms with Crippen molar-refractivity contribution in [1.82, 2.24) is 0 Å². The summed E-state index contributed by atoms with van der Waals surface area (Å²) in [6.45, 7) is 8.92. The van der Waals surface area contributed by atoms with Crippen LogP contribution in [0.25, 0.3) is 33.4 Å². The van der Waals surface area contributed by atoms with Gasteiger partial charge in [0.15, 0.2) is 0 Å². The van der Waals surface area contributed by atoms with Crippen molar-refractivity contribution >= 4 is 12.6 Å². The summed E-state index contributed by atoms with van der Waals surface area (Å²) in [4.78, 5) is 0. The van der Waals surface area contributed by atoms with E-state index in [0.717, 1.165) is 55.9 Å². The smallest absolute Gasteiger partial charge is 0.456 e. The molecule has 3 aliphatic rings. The van der Waals surface area contributed by atoms with Crippen LogP contribution in [0.3, 0.4) is 0 Å². The maximum absolute atomic E-state index is 7.23. The third-order valence-electron chi connectivity index (χ3n) is 11.3. The fraction of sp³-hybridized carbons (Fsp3) is 0.182. The third-order valence-corrected chi connectivity index (χ3v) is 11.3. The van der Waals surface area contributed by atoms with Crippen molar-refractivity contribution in [2.75, 3.05) is 0 Å². The van der Waals surface area contributed by atoms with E-state index in [1.807, 2.05) is 0 Å². The summed E-state index contributed by atoms with van der Waals surface area (Å²) < 4.78 is 20.6. The van der Waals surface area contributed by atoms with Gasteiger partial charge in [0, 0.05) is 28.7 Å². The van der Waals surface area contributed by atoms with Crippen molar-refractivity contribution in [3.05, 3.63) is 161 Å². The van der Waals surface area contributed by atoms with Gasteiger partial charge in [-0.1, -0.05) is 133 Å². The Morgan fingerprint density at radius 2 is 0.959 bits per heavy atom. The van der Waals surface area contributed by atoms with Crippen LogP contribution in [0.4, 0.5) is 0 Å². The maximum atomic E-state index is 7.23. The fourth-order valence-electron chi connectivity index (χ4n) is 8.03. The molecule has 1 spiro atoms. The lowest BCUT2D eigenvalue weighted by molar-refractivity contribution is 0.00578. The second kappa shape index (κ2) is 10.8. The zero-order valence-electron chi connectivity index (χ0n) is 28.3. The maximum Gasteiger partial charge on any atom is 0.498 e. The SMILES string of the molecule is CC1(C)OB(c2cccc3c2Oc2c(-c4ccc(-c5ccc(CN)cc5)cc4)cccc2C32c3ccccc3-c3ccccc32)OC1(C)C. The van der Waals surface area contributed by atoms with Crippen molar-refractivity contribution < 1.29 is 14.0 Å². The van der Waals surface area contributed by atoms with Gasteiger partial charge in [-0.3, -0.25) is 0 Å². The fourth-order valence-corrected chi connectivity index (χ4v) is 8.03. The van der Waals surface area contributed by atoms with Crippen LogP contribution >= 0.6 is 0 Å². The summed E-state index contributed by atoms with van der Waals surface area (Å²) in [6, 6.07) is 47.9. The predicted molar refractivity (Wildman–Crippen MR) is 198 cm³/mol. The topological polar surface area (TPSA) is 53.7 Å². The van der Waals surface area contributed by atoms with Crippen molar-refractivity contribution in [1.29, 1.82) is 0 Å². The molecule has 0 bridgehead atoms. The number of rotatable bonds is 4. The van der Waals surface area contributed by atoms with E-state index in [0.29, 0.717) is 6.54 Å². The Labute approximate surface area is 288 Å². The average Bonchev–Trinajstić information content (AvgIpc) is 3.54. The average molecular weight is 640 g/mol. The summed E-state index contributed by atoms with van der Waals surface area (Å²) in [6.07, 6.45) is 0. The molecule has 0 saturated carbocycles. The molecule has 2 heterocycles. The Hall–Kier alpha value is -4.94. The number of ether oxygens (including phenoxy) is 1. The van der Waals surface area contributed by atoms with E-state index in [1.165, 1.54) is 22.3 Å². The molecule has 4 nitrogen and oxygen atoms in total. The molecule has 6 aromatic carbocycles. The minimum Gasteiger partial charge on any atom is -0.456 e. The largest absolute Gasteiger partial charge is 0.498 e. The normalized spacial score (nSPS) is 17.2. The van der Waals surface area contributed by atoms with Crippen LogP contribution in [0, 0.1) is 0 Å². The Kier molecular flexibility index (Phi) is 6.63. The van der Waals surface area contributed by atoms with Gasteiger partial charge in [-0.25, -0.2) is 0 Å². The van der Waals surface area contributed by atoms with Gasteiger partial charge in [0.25, 0.3) is 0 Å². The van der Waals surface area contributed by atoms with Gasteiger partial charge >= 0.3 is 7.12 Å². The lowest BCUT2D eigenvalue weighted by atomic mass is 9.63. The number of hydrogen-bond acceptors (Lipinski definition) is 4. The summed E-state index contributed by atoms with van der Waals surface area (Å²) in [7, 11) is -0.581. The van der Waals surface area contributed by atoms with Gasteiger partial charge < -0.3 is 19.8 Å². The Bertz CT molecular complexity index is 2190. The van der Waals surface area contributed by atoms with Crippen LogP contribution < -0.4 is 15.9 Å². The van der Waals surface area contributed by atoms with E-state index in [4.69, 9.17) is 19.8 Å². The second-order valence-corrected chi connectivity index (χ2v) is 14.4. The first-order valence-corrected chi connectivity index (χ1v) is 17.1. The van der Waals surface area contributed by atoms with E-state index >= 15 is 0 Å². The van der Waals surface area contributed by atoms with E-state index in [-0.39, 0.29) is 0 Å². The summed E-state index contributed by atoms with van der Waals surface area (Å²) in [5.41, 5.74) is 17.9. The lowest BCUT2D eigenvalue weighted by Crippen LogP contribution is -2.41. The molecule has 1 saturated heterocycles. The quantitative estimate of drug-likeness (QED) is 0.195. The Morgan fingerprint density at radius 1 is 0.490 bits per heavy atom. The van der Waals surface area contributed by atoms with Crippen molar-refractivity contribution in [3.63, 3.8) is 0 Å². The van der Waals surface area contributed by atoms with Gasteiger partial charge in [-0.2, -0.15) is 0 Å². The van der Waals surface area contributed by atoms with Crippen LogP contribution in [0.15, 0.2) is 133 Å². The molecule has 0 atom stereocenters. The summed E-state index contributed by atoms with van der Waals surface area (Å²) >= 11 is 0. The van der Waals surface area contributed by atoms with Crippen molar-refractivity contribution in [3.8, 4) is 44.9 Å². The molecule has 0 unspecified atom stereocenters. The predicted octanol–water partition coefficient (Wildman–Crippen LogP) is 9.25. The van der Waals surface area contributed by atoms with Crippen molar-refractivity contribution in [2.45, 2.75) is 50.9 Å². The molecular weight excluding hydrogens is 601 g/mol. The molecule has 49 heavy (non-hydrogen) atoms. The zero-order valence-corrected chi connectivity index (χ0v) is 28.3. The molecule has 2 N–H and O–H groups in total. The minimum absolute atomic E-state index is 0.491. The highest BCUT2D eigenvalue weighted by molar-refractivity contribution is 6.63. The van der Waals surface area contributed by atoms with Gasteiger partial charge in [-0.15, -0.1) is 0 Å². The molecule has 0 radical (unpaired) electrons. The first kappa shape index (κ1) is 30.1. The van der Waals surface area contributed by atoms with E-state index in [9.17, 15) is 0 Å². The highest BCUT2D eigenvalue weighted by Gasteiger charge is 2.56. The van der Waals surface area contributed by atoms with E-state index in [1.54, 1.807) is 0 Å². The van der Waals surface area contributed by atoms with Crippen molar-refractivity contribution in [2.24, 2.45) is 5.73 Å². The first-order valence-electron chi connectivity index (χ1n) is 17.1. The molecule has 0 aromatic heterocycles. The second-order valence-electron chi connectivity index (χ2n) is 14.4. The minimum atomic E-state index is -0.601. The molecule has 1 aliphatic carbocycles. The number of hydrogen-bond donors (Lipinski definition) is 1. The van der Waals surface area contributed by atoms with Crippen LogP contribution in [0.2, 0.25) is 0 Å². The van der Waals surface area contributed by atoms with Gasteiger partial charge in [0.1, 0.15) is 11.5 Å². The van der Waals surface area contributed by atoms with E-state index in [2.05, 4.69) is 161 Å². The van der Waals surface area contributed by atoms with Gasteiger partial charge in [-0.05, 0) is 72.2 Å². The highest BCUT2D eigenvalue weighted by Crippen LogP contribution is 2.63. The van der Waals surface area contributed by atoms with Crippen LogP contribution in [-0.4, -0.2) is 18.3 Å². The molecule has 9 rings (SSSR count). The number of benzene rings is 6. The van der Waals surface area contributed by atoms with E-state index < -0.39 is 23.7 Å². The number of nitrogens with two attached hydrogens (primary N) is 1. The number of fused-ring (bicyclic) bond motifs is 9. The van der Waals surface area contributed by atoms with Crippen LogP contribution in [0.1, 0.15) is 55.5 Å². The number of para-hydroxylation sites is 2. The Morgan fingerprint density at radius 3 is 1.55 bits per heavy atom. The Balaban J connectivity index is 1.28. The molecule has 2 aliphatic heterocycles. The van der Waals surface area contributed by atoms with Crippen LogP contribution in [0.5, 0.6) is 11.5 Å². The van der Waals surface area contributed by atoms with Gasteiger partial charge in [0.2, 0.25) is 0 Å². The first-order chi connectivity index (χ1) is 23.7. The standard InChI is InChI=1S/C44H38BNO3/c1-42(2)43(3,4)49-45(48-42)39-18-10-17-38-41(39)47-40-32(31-25-23-30(24-26-31)29-21-19-28(27-46)20-22-29)13-9-16-37(40)44(38)35-14-7-5-11-33(35)34-12-6-8-15-36(34)44/h5-26H,27,46H2,1-4H3. The molecule has 1 fully saturated rings. The molecular formula is C44H38BNO3.